The summed E-state index contributed by atoms with van der Waals surface area (Å²) >= 11 is 0. The Morgan fingerprint density at radius 1 is 1.06 bits per heavy atom. The molecule has 0 aliphatic heterocycles. The number of nitrogens with one attached hydrogen (secondary N) is 1. The lowest BCUT2D eigenvalue weighted by Crippen LogP contribution is -2.47. The van der Waals surface area contributed by atoms with Crippen molar-refractivity contribution in [3.8, 4) is 11.3 Å². The SMILES string of the molecule is CC.Cc1ccc(C)c(-c2nn(C(F)F)cc2C(=O)NC(Cc2ccccc2)C(=O)C(N)=O)c1. The number of primary amides is 1. The summed E-state index contributed by atoms with van der Waals surface area (Å²) in [4.78, 5) is 37.0. The molecule has 9 heteroatoms. The first kappa shape index (κ1) is 26.4. The zero-order valence-corrected chi connectivity index (χ0v) is 19.5. The molecule has 1 unspecified atom stereocenters. The molecule has 180 valence electrons. The van der Waals surface area contributed by atoms with Gasteiger partial charge in [0.05, 0.1) is 5.56 Å². The number of amides is 2. The van der Waals surface area contributed by atoms with Gasteiger partial charge >= 0.3 is 6.55 Å². The highest BCUT2D eigenvalue weighted by molar-refractivity contribution is 6.38. The average Bonchev–Trinajstić information content (AvgIpc) is 3.27. The molecule has 0 aliphatic rings. The number of rotatable bonds is 8. The van der Waals surface area contributed by atoms with Gasteiger partial charge in [-0.05, 0) is 31.0 Å². The molecule has 0 saturated carbocycles. The fraction of sp³-hybridized carbons (Fsp3) is 0.280. The Morgan fingerprint density at radius 3 is 2.29 bits per heavy atom. The number of alkyl halides is 2. The number of carbonyl (C=O) groups is 3. The van der Waals surface area contributed by atoms with E-state index in [-0.39, 0.29) is 17.7 Å². The van der Waals surface area contributed by atoms with E-state index in [0.717, 1.165) is 17.3 Å². The van der Waals surface area contributed by atoms with Gasteiger partial charge in [0, 0.05) is 18.2 Å². The Kier molecular flexibility index (Phi) is 9.18. The third-order valence-electron chi connectivity index (χ3n) is 4.97. The number of aryl methyl sites for hydroxylation is 2. The number of Topliss-reactive ketones (excluding diaryl/α,β-unsaturated/α-hetero) is 1. The monoisotopic (exact) mass is 470 g/mol. The number of carbonyl (C=O) groups excluding carboxylic acids is 3. The van der Waals surface area contributed by atoms with Crippen LogP contribution >= 0.6 is 0 Å². The average molecular weight is 471 g/mol. The molecule has 1 aromatic heterocycles. The Labute approximate surface area is 197 Å². The zero-order chi connectivity index (χ0) is 25.4. The fourth-order valence-electron chi connectivity index (χ4n) is 3.31. The summed E-state index contributed by atoms with van der Waals surface area (Å²) in [5.41, 5.74) is 7.84. The molecule has 3 rings (SSSR count). The number of hydrogen-bond donors (Lipinski definition) is 2. The molecular formula is C25H28F2N4O3. The highest BCUT2D eigenvalue weighted by atomic mass is 19.3. The molecule has 0 saturated heterocycles. The standard InChI is InChI=1S/C23H22F2N4O3.C2H6/c1-13-8-9-14(2)16(10-13)19-17(12-29(28-19)23(24)25)22(32)27-18(20(30)21(26)31)11-15-6-4-3-5-7-15;1-2/h3-10,12,18,23H,11H2,1-2H3,(H2,26,31)(H,27,32);1-2H3. The van der Waals surface area contributed by atoms with Crippen molar-refractivity contribution in [1.82, 2.24) is 15.1 Å². The number of ketones is 1. The lowest BCUT2D eigenvalue weighted by Gasteiger charge is -2.16. The van der Waals surface area contributed by atoms with Crippen LogP contribution in [0.1, 0.15) is 47.4 Å². The molecule has 0 bridgehead atoms. The maximum Gasteiger partial charge on any atom is 0.333 e. The fourth-order valence-corrected chi connectivity index (χ4v) is 3.31. The number of halogens is 2. The van der Waals surface area contributed by atoms with Crippen molar-refractivity contribution in [3.63, 3.8) is 0 Å². The van der Waals surface area contributed by atoms with E-state index >= 15 is 0 Å². The number of nitrogens with zero attached hydrogens (tertiary/aromatic N) is 2. The van der Waals surface area contributed by atoms with Crippen LogP contribution in [0.25, 0.3) is 11.3 Å². The second kappa shape index (κ2) is 11.8. The highest BCUT2D eigenvalue weighted by Gasteiger charge is 2.29. The Bertz CT molecular complexity index is 1160. The van der Waals surface area contributed by atoms with E-state index < -0.39 is 30.2 Å². The number of benzene rings is 2. The van der Waals surface area contributed by atoms with Gasteiger partial charge in [-0.15, -0.1) is 0 Å². The summed E-state index contributed by atoms with van der Waals surface area (Å²) in [6.45, 7) is 4.63. The van der Waals surface area contributed by atoms with Crippen LogP contribution in [0, 0.1) is 13.8 Å². The van der Waals surface area contributed by atoms with Crippen molar-refractivity contribution in [2.24, 2.45) is 5.73 Å². The predicted octanol–water partition coefficient (Wildman–Crippen LogP) is 3.98. The molecule has 0 spiro atoms. The zero-order valence-electron chi connectivity index (χ0n) is 19.5. The van der Waals surface area contributed by atoms with Gasteiger partial charge in [-0.2, -0.15) is 13.9 Å². The highest BCUT2D eigenvalue weighted by Crippen LogP contribution is 2.28. The van der Waals surface area contributed by atoms with Crippen molar-refractivity contribution < 1.29 is 23.2 Å². The molecule has 7 nitrogen and oxygen atoms in total. The molecule has 0 fully saturated rings. The molecular weight excluding hydrogens is 442 g/mol. The van der Waals surface area contributed by atoms with E-state index in [1.807, 2.05) is 26.8 Å². The van der Waals surface area contributed by atoms with E-state index in [4.69, 9.17) is 5.73 Å². The molecule has 2 aromatic carbocycles. The molecule has 3 N–H and O–H groups in total. The first-order valence-corrected chi connectivity index (χ1v) is 10.8. The summed E-state index contributed by atoms with van der Waals surface area (Å²) in [5, 5.41) is 6.38. The van der Waals surface area contributed by atoms with Crippen LogP contribution in [-0.4, -0.2) is 33.4 Å². The summed E-state index contributed by atoms with van der Waals surface area (Å²) in [6, 6.07) is 12.8. The molecule has 0 radical (unpaired) electrons. The summed E-state index contributed by atoms with van der Waals surface area (Å²) in [6.07, 6.45) is 0.932. The van der Waals surface area contributed by atoms with E-state index in [2.05, 4.69) is 10.4 Å². The van der Waals surface area contributed by atoms with Gasteiger partial charge in [-0.25, -0.2) is 4.68 Å². The van der Waals surface area contributed by atoms with Crippen LogP contribution in [0.15, 0.2) is 54.7 Å². The van der Waals surface area contributed by atoms with Gasteiger partial charge in [0.15, 0.2) is 0 Å². The van der Waals surface area contributed by atoms with Crippen LogP contribution in [0.5, 0.6) is 0 Å². The first-order chi connectivity index (χ1) is 16.2. The number of hydrogen-bond acceptors (Lipinski definition) is 4. The number of aromatic nitrogens is 2. The second-order valence-corrected chi connectivity index (χ2v) is 7.41. The van der Waals surface area contributed by atoms with Crippen LogP contribution in [-0.2, 0) is 16.0 Å². The molecule has 1 heterocycles. The van der Waals surface area contributed by atoms with Crippen molar-refractivity contribution in [1.29, 1.82) is 0 Å². The summed E-state index contributed by atoms with van der Waals surface area (Å²) in [5.74, 6) is -3.01. The number of nitrogens with two attached hydrogens (primary N) is 1. The van der Waals surface area contributed by atoms with E-state index in [0.29, 0.717) is 15.8 Å². The third kappa shape index (κ3) is 6.34. The minimum Gasteiger partial charge on any atom is -0.363 e. The van der Waals surface area contributed by atoms with Crippen LogP contribution in [0.2, 0.25) is 0 Å². The van der Waals surface area contributed by atoms with Crippen LogP contribution < -0.4 is 11.1 Å². The van der Waals surface area contributed by atoms with Gasteiger partial charge < -0.3 is 11.1 Å². The largest absolute Gasteiger partial charge is 0.363 e. The van der Waals surface area contributed by atoms with Gasteiger partial charge in [-0.3, -0.25) is 14.4 Å². The summed E-state index contributed by atoms with van der Waals surface area (Å²) < 4.78 is 27.1. The minimum absolute atomic E-state index is 0.0101. The van der Waals surface area contributed by atoms with E-state index in [1.165, 1.54) is 0 Å². The van der Waals surface area contributed by atoms with E-state index in [9.17, 15) is 23.2 Å². The van der Waals surface area contributed by atoms with Crippen molar-refractivity contribution in [3.05, 3.63) is 77.0 Å². The lowest BCUT2D eigenvalue weighted by molar-refractivity contribution is -0.137. The van der Waals surface area contributed by atoms with Crippen molar-refractivity contribution in [2.75, 3.05) is 0 Å². The molecule has 2 amide bonds. The Morgan fingerprint density at radius 2 is 1.71 bits per heavy atom. The second-order valence-electron chi connectivity index (χ2n) is 7.41. The lowest BCUT2D eigenvalue weighted by atomic mass is 9.99. The molecule has 3 aromatic rings. The minimum atomic E-state index is -2.97. The maximum absolute atomic E-state index is 13.4. The quantitative estimate of drug-likeness (QED) is 0.486. The molecule has 0 aliphatic carbocycles. The molecule has 1 atom stereocenters. The van der Waals surface area contributed by atoms with Crippen LogP contribution in [0.4, 0.5) is 8.78 Å². The maximum atomic E-state index is 13.4. The first-order valence-electron chi connectivity index (χ1n) is 10.8. The third-order valence-corrected chi connectivity index (χ3v) is 4.97. The smallest absolute Gasteiger partial charge is 0.333 e. The van der Waals surface area contributed by atoms with E-state index in [1.54, 1.807) is 49.4 Å². The molecule has 34 heavy (non-hydrogen) atoms. The van der Waals surface area contributed by atoms with Gasteiger partial charge in [0.25, 0.3) is 11.8 Å². The van der Waals surface area contributed by atoms with Gasteiger partial charge in [-0.1, -0.05) is 61.9 Å². The predicted molar refractivity (Wildman–Crippen MR) is 125 cm³/mol. The Balaban J connectivity index is 0.00000199. The van der Waals surface area contributed by atoms with Gasteiger partial charge in [0.2, 0.25) is 5.78 Å². The Hall–Kier alpha value is -3.88. The van der Waals surface area contributed by atoms with Gasteiger partial charge in [0.1, 0.15) is 11.7 Å². The normalized spacial score (nSPS) is 11.4. The van der Waals surface area contributed by atoms with Crippen LogP contribution in [0.3, 0.4) is 0 Å². The van der Waals surface area contributed by atoms with Crippen molar-refractivity contribution >= 4 is 17.6 Å². The topological polar surface area (TPSA) is 107 Å². The van der Waals surface area contributed by atoms with Crippen molar-refractivity contribution in [2.45, 2.75) is 46.7 Å². The summed E-state index contributed by atoms with van der Waals surface area (Å²) in [7, 11) is 0.